The first kappa shape index (κ1) is 86.6. The van der Waals surface area contributed by atoms with E-state index in [1.807, 2.05) is 27.3 Å². The Morgan fingerprint density at radius 1 is 0.762 bits per heavy atom. The molecule has 0 spiro atoms. The Morgan fingerprint density at radius 2 is 1.42 bits per heavy atom. The Bertz CT molecular complexity index is 5100. The van der Waals surface area contributed by atoms with Crippen LogP contribution in [0.2, 0.25) is 10.0 Å². The minimum Gasteiger partial charge on any atom is -0.481 e. The van der Waals surface area contributed by atoms with Gasteiger partial charge in [-0.3, -0.25) is 24.2 Å². The molecule has 5 aromatic heterocycles. The summed E-state index contributed by atoms with van der Waals surface area (Å²) in [7, 11) is -6.05. The van der Waals surface area contributed by atoms with Crippen molar-refractivity contribution < 1.29 is 138 Å². The molecule has 1 aliphatic heterocycles. The van der Waals surface area contributed by atoms with Crippen LogP contribution in [0.5, 0.6) is 23.7 Å². The number of ether oxygens (including phenoxy) is 7. The number of pyridine rings is 1. The number of methoxy groups -OCH3 is 5. The third-order valence-corrected chi connectivity index (χ3v) is 18.5. The second-order valence-electron chi connectivity index (χ2n) is 20.7. The van der Waals surface area contributed by atoms with Crippen molar-refractivity contribution in [2.45, 2.75) is 73.6 Å². The van der Waals surface area contributed by atoms with Crippen LogP contribution < -0.4 is 69.1 Å². The summed E-state index contributed by atoms with van der Waals surface area (Å²) in [6.07, 6.45) is -8.21. The standard InChI is InChI=1S/C16H18Cl2N2O4.C14H13F3N6O5S.C14H13F3N2O4S.C14H14IN5O6S.Na/c1-4-23-14(21)12-9-16(3,15(22)24-5-2)20(19-12)13-7-6-10(17)8-11(13)18;1-26-8-6-9(27-2)23-13(19-8)20-12(21-23)22-29(24,25)10-7(14(15,16)17)4-5-18-11(10)28-3;1-7-11(13(21)19(2)18-7)12(20)9-5-4-8(14(15,16)17)6-10(9)24(3,22)23;1-7-16-12(19-14(17-7)26-3)18-13(22)20-27(23,24)10-6-8(15)4-5-9(10)11(21)25-2;/h6-8H,4-5,9H2,1-3H3;4-6H,1-3H3,(H,21,22);4-6,18H,1-3H3;4-6H,1-3H3,(H2,16,17,18,19,20,22);/q;;;;+1/p-1. The number of hydrogen-bond donors (Lipinski definition) is 3. The van der Waals surface area contributed by atoms with Crippen LogP contribution >= 0.6 is 45.8 Å². The van der Waals surface area contributed by atoms with E-state index in [1.165, 1.54) is 71.5 Å². The molecule has 0 saturated carbocycles. The number of sulfone groups is 1. The second-order valence-corrected chi connectivity index (χ2v) is 28.0. The molecule has 8 aromatic rings. The number of amides is 2. The van der Waals surface area contributed by atoms with Crippen LogP contribution in [0.25, 0.3) is 10.5 Å². The van der Waals surface area contributed by atoms with E-state index in [-0.39, 0.29) is 107 Å². The summed E-state index contributed by atoms with van der Waals surface area (Å²) in [4.78, 5) is 93.2. The van der Waals surface area contributed by atoms with Crippen molar-refractivity contribution in [3.05, 3.63) is 141 Å². The summed E-state index contributed by atoms with van der Waals surface area (Å²) in [6.45, 7) is 8.45. The topological polar surface area (TPSA) is 439 Å². The van der Waals surface area contributed by atoms with Crippen molar-refractivity contribution in [1.82, 2.24) is 49.3 Å². The number of alkyl halides is 6. The molecule has 105 heavy (non-hydrogen) atoms. The van der Waals surface area contributed by atoms with Gasteiger partial charge in [-0.05, 0) is 118 Å². The molecule has 1 aliphatic rings. The summed E-state index contributed by atoms with van der Waals surface area (Å²) >= 11 is 14.0. The Balaban J connectivity index is 0.000000251. The maximum Gasteiger partial charge on any atom is 1.00 e. The third kappa shape index (κ3) is 21.1. The number of benzene rings is 3. The molecule has 6 heterocycles. The zero-order chi connectivity index (χ0) is 77.9. The van der Waals surface area contributed by atoms with Gasteiger partial charge in [0.05, 0.1) is 92.0 Å². The van der Waals surface area contributed by atoms with Gasteiger partial charge in [0.2, 0.25) is 33.4 Å². The number of ketones is 1. The number of urea groups is 1. The van der Waals surface area contributed by atoms with Gasteiger partial charge in [-0.2, -0.15) is 55.9 Å². The summed E-state index contributed by atoms with van der Waals surface area (Å²) in [6, 6.07) is 11.1. The van der Waals surface area contributed by atoms with Crippen LogP contribution in [0.3, 0.4) is 0 Å². The number of hydrazone groups is 1. The van der Waals surface area contributed by atoms with Crippen LogP contribution in [0.1, 0.15) is 76.1 Å². The molecular formula is C58H57Cl2F6IN15NaO19S3. The second kappa shape index (κ2) is 35.4. The Hall–Kier alpha value is -9.06. The number of nitrogens with zero attached hydrogens (tertiary/aromatic N) is 12. The first-order valence-corrected chi connectivity index (χ1v) is 35.4. The molecule has 0 saturated heterocycles. The van der Waals surface area contributed by atoms with E-state index in [0.29, 0.717) is 43.8 Å². The molecule has 2 amide bonds. The molecular weight excluding hydrogens is 1640 g/mol. The molecule has 0 fully saturated rings. The van der Waals surface area contributed by atoms with E-state index >= 15 is 0 Å². The molecule has 9 rings (SSSR count). The van der Waals surface area contributed by atoms with Gasteiger partial charge in [0.1, 0.15) is 17.1 Å². The number of hydrogen-bond acceptors (Lipinski definition) is 28. The number of fused-ring (bicyclic) bond motifs is 1. The minimum atomic E-state index is -4.98. The number of aromatic amines is 1. The smallest absolute Gasteiger partial charge is 0.481 e. The number of H-pyrrole nitrogens is 1. The molecule has 34 nitrogen and oxygen atoms in total. The summed E-state index contributed by atoms with van der Waals surface area (Å²) in [5, 5.41) is 15.0. The SMILES string of the molecule is CCOC(=O)C1=NN(c2ccc(Cl)cc2Cl)C(C)(C(=O)OCC)C1.COC(=O)c1ccc(I)cc1S(=O)(=O)[N-]C(=O)Nc1nc(C)nc(OC)n1.COc1cc(OC)n2nc(NS(=O)(=O)c3c(C(F)(F)F)ccnc3OC)nc2n1.Cc1[nH]n(C)c(=O)c1C(=O)c1ccc(C(F)(F)F)cc1S(C)(=O)=O.[Na+]. The fraction of sp³-hybridized carbons (Fsp3) is 0.310. The number of aryl methyl sites for hydroxylation is 3. The molecule has 0 bridgehead atoms. The van der Waals surface area contributed by atoms with E-state index in [0.717, 1.165) is 35.7 Å². The number of carbonyl (C=O) groups is 5. The molecule has 0 radical (unpaired) electrons. The van der Waals surface area contributed by atoms with Crippen molar-refractivity contribution in [3.63, 3.8) is 0 Å². The van der Waals surface area contributed by atoms with Gasteiger partial charge in [-0.1, -0.05) is 23.2 Å². The fourth-order valence-corrected chi connectivity index (χ4v) is 13.3. The van der Waals surface area contributed by atoms with Crippen LogP contribution in [-0.4, -0.2) is 171 Å². The van der Waals surface area contributed by atoms with Crippen molar-refractivity contribution in [2.24, 2.45) is 12.1 Å². The van der Waals surface area contributed by atoms with Gasteiger partial charge in [0, 0.05) is 45.8 Å². The van der Waals surface area contributed by atoms with Gasteiger partial charge in [-0.15, -0.1) is 5.10 Å². The predicted molar refractivity (Wildman–Crippen MR) is 363 cm³/mol. The van der Waals surface area contributed by atoms with Crippen molar-refractivity contribution in [2.75, 3.05) is 70.1 Å². The van der Waals surface area contributed by atoms with E-state index in [9.17, 15) is 80.4 Å². The zero-order valence-electron chi connectivity index (χ0n) is 56.8. The number of anilines is 3. The number of esters is 3. The first-order chi connectivity index (χ1) is 48.4. The zero-order valence-corrected chi connectivity index (χ0v) is 64.9. The predicted octanol–water partition coefficient (Wildman–Crippen LogP) is 5.36. The normalized spacial score (nSPS) is 13.5. The Morgan fingerprint density at radius 3 is 1.97 bits per heavy atom. The van der Waals surface area contributed by atoms with Crippen LogP contribution in [0.4, 0.5) is 48.7 Å². The first-order valence-electron chi connectivity index (χ1n) is 28.7. The quantitative estimate of drug-likeness (QED) is 0.0229. The van der Waals surface area contributed by atoms with Gasteiger partial charge < -0.3 is 43.2 Å². The average Bonchev–Trinajstić information content (AvgIpc) is 1.74. The molecule has 47 heteroatoms. The monoisotopic (exact) mass is 1700 g/mol. The third-order valence-electron chi connectivity index (χ3n) is 13.5. The minimum absolute atomic E-state index is 0. The number of rotatable bonds is 19. The van der Waals surface area contributed by atoms with Crippen molar-refractivity contribution >= 4 is 134 Å². The molecule has 3 aromatic carbocycles. The number of carbonyl (C=O) groups excluding carboxylic acids is 5. The van der Waals surface area contributed by atoms with E-state index in [2.05, 4.69) is 60.0 Å². The maximum absolute atomic E-state index is 13.3. The van der Waals surface area contributed by atoms with E-state index < -0.39 is 126 Å². The maximum atomic E-state index is 13.3. The fourth-order valence-electron chi connectivity index (χ4n) is 8.91. The number of nitrogens with one attached hydrogen (secondary N) is 3. The van der Waals surface area contributed by atoms with Crippen LogP contribution in [-0.2, 0) is 73.1 Å². The van der Waals surface area contributed by atoms with Gasteiger partial charge in [0.25, 0.3) is 27.3 Å². The van der Waals surface area contributed by atoms with E-state index in [1.54, 1.807) is 39.0 Å². The number of aromatic nitrogens is 10. The molecule has 0 aliphatic carbocycles. The molecule has 1 atom stereocenters. The van der Waals surface area contributed by atoms with Crippen molar-refractivity contribution in [3.8, 4) is 23.7 Å². The summed E-state index contributed by atoms with van der Waals surface area (Å²) < 4.78 is 194. The van der Waals surface area contributed by atoms with E-state index in [4.69, 9.17) is 51.6 Å². The molecule has 560 valence electrons. The summed E-state index contributed by atoms with van der Waals surface area (Å²) in [5.41, 5.74) is -4.82. The Kier molecular flexibility index (Phi) is 29.2. The number of sulfonamides is 2. The molecule has 1 unspecified atom stereocenters. The molecule has 3 N–H and O–H groups in total. The van der Waals surface area contributed by atoms with Gasteiger partial charge in [-0.25, -0.2) is 59.3 Å². The number of halogens is 9. The van der Waals surface area contributed by atoms with Crippen LogP contribution in [0, 0.1) is 17.4 Å². The Labute approximate surface area is 637 Å². The largest absolute Gasteiger partial charge is 1.00 e. The van der Waals surface area contributed by atoms with Gasteiger partial charge >= 0.3 is 65.8 Å². The van der Waals surface area contributed by atoms with Gasteiger partial charge in [0.15, 0.2) is 32.3 Å². The average molecular weight is 1700 g/mol. The van der Waals surface area contributed by atoms with Crippen LogP contribution in [0.15, 0.2) is 97.5 Å². The van der Waals surface area contributed by atoms with Crippen molar-refractivity contribution in [1.29, 1.82) is 0 Å². The summed E-state index contributed by atoms with van der Waals surface area (Å²) in [5.74, 6) is -4.11.